The van der Waals surface area contributed by atoms with Crippen LogP contribution >= 0.6 is 0 Å². The molecule has 2 aliphatic heterocycles. The third kappa shape index (κ3) is 3.70. The summed E-state index contributed by atoms with van der Waals surface area (Å²) < 4.78 is 6.16. The summed E-state index contributed by atoms with van der Waals surface area (Å²) in [6.45, 7) is 3.78. The highest BCUT2D eigenvalue weighted by molar-refractivity contribution is 6.05. The molecule has 0 radical (unpaired) electrons. The van der Waals surface area contributed by atoms with E-state index in [4.69, 9.17) is 14.4 Å². The number of nitrogens with zero attached hydrogens (tertiary/aromatic N) is 2. The number of hydrogen-bond donors (Lipinski definition) is 0. The zero-order valence-electron chi connectivity index (χ0n) is 19.2. The number of aryl methyl sites for hydroxylation is 1. The molecule has 33 heavy (non-hydrogen) atoms. The van der Waals surface area contributed by atoms with E-state index in [2.05, 4.69) is 5.16 Å². The Labute approximate surface area is 193 Å². The zero-order valence-corrected chi connectivity index (χ0v) is 19.2. The third-order valence-electron chi connectivity index (χ3n) is 7.05. The molecule has 2 aromatic carbocycles. The number of rotatable bonds is 4. The predicted octanol–water partition coefficient (Wildman–Crippen LogP) is 4.56. The van der Waals surface area contributed by atoms with Gasteiger partial charge in [0.15, 0.2) is 5.78 Å². The molecule has 1 saturated carbocycles. The lowest BCUT2D eigenvalue weighted by molar-refractivity contribution is -0.140. The number of ether oxygens (including phenoxy) is 1. The first-order chi connectivity index (χ1) is 16.0. The summed E-state index contributed by atoms with van der Waals surface area (Å²) in [5.41, 5.74) is 5.41. The molecule has 0 spiro atoms. The number of carbonyl (C=O) groups is 2. The quantitative estimate of drug-likeness (QED) is 0.388. The molecule has 0 aromatic heterocycles. The molecule has 172 valence electrons. The van der Waals surface area contributed by atoms with Crippen LogP contribution in [0.3, 0.4) is 0 Å². The second-order valence-corrected chi connectivity index (χ2v) is 8.97. The number of carbonyl (C=O) groups excluding carboxylic acids is 2. The van der Waals surface area contributed by atoms with Gasteiger partial charge in [-0.05, 0) is 43.9 Å². The summed E-state index contributed by atoms with van der Waals surface area (Å²) in [5.74, 6) is 0.586. The van der Waals surface area contributed by atoms with Gasteiger partial charge in [0.1, 0.15) is 5.75 Å². The van der Waals surface area contributed by atoms with Crippen LogP contribution in [0.15, 0.2) is 41.6 Å². The Kier molecular flexibility index (Phi) is 5.66. The monoisotopic (exact) mass is 448 g/mol. The van der Waals surface area contributed by atoms with E-state index in [1.54, 1.807) is 7.11 Å². The van der Waals surface area contributed by atoms with Crippen molar-refractivity contribution in [1.29, 1.82) is 0 Å². The highest BCUT2D eigenvalue weighted by Gasteiger charge is 2.47. The van der Waals surface area contributed by atoms with E-state index in [0.29, 0.717) is 18.7 Å². The number of ketones is 1. The lowest BCUT2D eigenvalue weighted by Crippen LogP contribution is -2.38. The largest absolute Gasteiger partial charge is 0.492 e. The SMILES string of the molecule is CON1c2ccc3c(c2C2CC(C(=O)c4ccccc4C)CCC21)OCC/C3=N\OC(C)=O. The standard InChI is InChI=1S/C26H28N2O5/c1-15-6-4-5-7-18(15)25(30)17-8-10-22-20(14-17)24-23(28(22)31-3)11-9-19-21(27-33-16(2)29)12-13-32-26(19)24/h4-7,9,11,17,20,22H,8,10,12-14H2,1-3H3/b27-21+. The highest BCUT2D eigenvalue weighted by Crippen LogP contribution is 2.54. The summed E-state index contributed by atoms with van der Waals surface area (Å²) in [6.07, 6.45) is 2.99. The van der Waals surface area contributed by atoms with Crippen LogP contribution in [0.2, 0.25) is 0 Å². The van der Waals surface area contributed by atoms with Crippen LogP contribution in [-0.2, 0) is 14.5 Å². The first kappa shape index (κ1) is 21.6. The van der Waals surface area contributed by atoms with Crippen molar-refractivity contribution in [3.8, 4) is 5.75 Å². The van der Waals surface area contributed by atoms with Crippen LogP contribution in [0, 0.1) is 12.8 Å². The van der Waals surface area contributed by atoms with Gasteiger partial charge in [-0.25, -0.2) is 4.79 Å². The van der Waals surface area contributed by atoms with Crippen LogP contribution in [0.5, 0.6) is 5.75 Å². The number of benzene rings is 2. The molecule has 2 heterocycles. The Morgan fingerprint density at radius 2 is 1.97 bits per heavy atom. The number of fused-ring (bicyclic) bond motifs is 5. The van der Waals surface area contributed by atoms with Gasteiger partial charge < -0.3 is 9.57 Å². The number of oxime groups is 1. The average Bonchev–Trinajstić information content (AvgIpc) is 3.15. The lowest BCUT2D eigenvalue weighted by Gasteiger charge is -2.35. The number of anilines is 1. The van der Waals surface area contributed by atoms with Gasteiger partial charge in [-0.1, -0.05) is 29.4 Å². The molecule has 0 N–H and O–H groups in total. The molecule has 0 saturated heterocycles. The molecule has 3 atom stereocenters. The minimum atomic E-state index is -0.452. The molecule has 2 aromatic rings. The fraction of sp³-hybridized carbons (Fsp3) is 0.423. The number of hydrogen-bond acceptors (Lipinski definition) is 7. The third-order valence-corrected chi connectivity index (χ3v) is 7.05. The maximum Gasteiger partial charge on any atom is 0.331 e. The Hall–Kier alpha value is -3.19. The molecule has 1 aliphatic carbocycles. The summed E-state index contributed by atoms with van der Waals surface area (Å²) in [5, 5.41) is 6.04. The minimum absolute atomic E-state index is 0.0503. The van der Waals surface area contributed by atoms with Gasteiger partial charge in [0.05, 0.1) is 31.2 Å². The second kappa shape index (κ2) is 8.63. The smallest absolute Gasteiger partial charge is 0.331 e. The van der Waals surface area contributed by atoms with E-state index < -0.39 is 5.97 Å². The van der Waals surface area contributed by atoms with Crippen LogP contribution in [0.25, 0.3) is 0 Å². The van der Waals surface area contributed by atoms with Gasteiger partial charge in [-0.3, -0.25) is 14.7 Å². The van der Waals surface area contributed by atoms with Crippen molar-refractivity contribution in [2.75, 3.05) is 18.8 Å². The van der Waals surface area contributed by atoms with E-state index in [-0.39, 0.29) is 23.7 Å². The molecule has 3 unspecified atom stereocenters. The average molecular weight is 449 g/mol. The van der Waals surface area contributed by atoms with Gasteiger partial charge in [0, 0.05) is 41.9 Å². The Morgan fingerprint density at radius 3 is 2.73 bits per heavy atom. The fourth-order valence-electron chi connectivity index (χ4n) is 5.59. The Balaban J connectivity index is 1.52. The molecule has 5 rings (SSSR count). The van der Waals surface area contributed by atoms with E-state index in [1.165, 1.54) is 6.92 Å². The molecule has 1 fully saturated rings. The van der Waals surface area contributed by atoms with Crippen LogP contribution < -0.4 is 9.80 Å². The van der Waals surface area contributed by atoms with Gasteiger partial charge in [0.25, 0.3) is 0 Å². The maximum absolute atomic E-state index is 13.4. The van der Waals surface area contributed by atoms with Crippen molar-refractivity contribution in [3.05, 3.63) is 58.7 Å². The summed E-state index contributed by atoms with van der Waals surface area (Å²) in [6, 6.07) is 11.9. The Morgan fingerprint density at radius 1 is 1.15 bits per heavy atom. The molecule has 0 bridgehead atoms. The van der Waals surface area contributed by atoms with Crippen LogP contribution in [0.1, 0.15) is 65.6 Å². The van der Waals surface area contributed by atoms with E-state index >= 15 is 0 Å². The van der Waals surface area contributed by atoms with Gasteiger partial charge in [-0.15, -0.1) is 0 Å². The van der Waals surface area contributed by atoms with Crippen molar-refractivity contribution in [1.82, 2.24) is 0 Å². The summed E-state index contributed by atoms with van der Waals surface area (Å²) in [4.78, 5) is 35.4. The second-order valence-electron chi connectivity index (χ2n) is 8.97. The Bertz CT molecular complexity index is 1140. The molecular formula is C26H28N2O5. The number of Topliss-reactive ketones (excluding diaryl/α,β-unsaturated/α-hetero) is 1. The first-order valence-electron chi connectivity index (χ1n) is 11.5. The van der Waals surface area contributed by atoms with Crippen LogP contribution in [-0.4, -0.2) is 37.2 Å². The van der Waals surface area contributed by atoms with Crippen molar-refractivity contribution in [2.45, 2.75) is 51.5 Å². The van der Waals surface area contributed by atoms with Gasteiger partial charge >= 0.3 is 5.97 Å². The maximum atomic E-state index is 13.4. The van der Waals surface area contributed by atoms with Gasteiger partial charge in [-0.2, -0.15) is 0 Å². The number of hydroxylamine groups is 1. The fourth-order valence-corrected chi connectivity index (χ4v) is 5.59. The predicted molar refractivity (Wildman–Crippen MR) is 124 cm³/mol. The highest BCUT2D eigenvalue weighted by atomic mass is 16.7. The summed E-state index contributed by atoms with van der Waals surface area (Å²) >= 11 is 0. The molecule has 7 nitrogen and oxygen atoms in total. The van der Waals surface area contributed by atoms with Crippen molar-refractivity contribution in [2.24, 2.45) is 11.1 Å². The summed E-state index contributed by atoms with van der Waals surface area (Å²) in [7, 11) is 1.69. The first-order valence-corrected chi connectivity index (χ1v) is 11.5. The topological polar surface area (TPSA) is 77.4 Å². The zero-order chi connectivity index (χ0) is 23.1. The van der Waals surface area contributed by atoms with E-state index in [0.717, 1.165) is 53.0 Å². The molecular weight excluding hydrogens is 420 g/mol. The molecule has 3 aliphatic rings. The van der Waals surface area contributed by atoms with Gasteiger partial charge in [0.2, 0.25) is 0 Å². The molecule has 7 heteroatoms. The lowest BCUT2D eigenvalue weighted by atomic mass is 9.73. The van der Waals surface area contributed by atoms with Crippen molar-refractivity contribution >= 4 is 23.2 Å². The molecule has 0 amide bonds. The van der Waals surface area contributed by atoms with E-state index in [9.17, 15) is 9.59 Å². The normalized spacial score (nSPS) is 24.5. The van der Waals surface area contributed by atoms with Crippen molar-refractivity contribution < 1.29 is 24.0 Å². The minimum Gasteiger partial charge on any atom is -0.492 e. The van der Waals surface area contributed by atoms with Crippen LogP contribution in [0.4, 0.5) is 5.69 Å². The van der Waals surface area contributed by atoms with Crippen molar-refractivity contribution in [3.63, 3.8) is 0 Å². The van der Waals surface area contributed by atoms with E-state index in [1.807, 2.05) is 48.4 Å².